The lowest BCUT2D eigenvalue weighted by Gasteiger charge is -2.25. The number of hydrogen-bond acceptors (Lipinski definition) is 2. The number of rotatable bonds is 8. The van der Waals surface area contributed by atoms with Gasteiger partial charge in [0.1, 0.15) is 0 Å². The van der Waals surface area contributed by atoms with E-state index in [1.54, 1.807) is 0 Å². The molecule has 1 fully saturated rings. The minimum Gasteiger partial charge on any atom is -0.312 e. The predicted molar refractivity (Wildman–Crippen MR) is 76.4 cm³/mol. The van der Waals surface area contributed by atoms with E-state index in [4.69, 9.17) is 0 Å². The van der Waals surface area contributed by atoms with Gasteiger partial charge in [-0.2, -0.15) is 0 Å². The lowest BCUT2D eigenvalue weighted by molar-refractivity contribution is 0.241. The Hall–Kier alpha value is -0.0800. The summed E-state index contributed by atoms with van der Waals surface area (Å²) < 4.78 is 0. The molecule has 0 aromatic carbocycles. The van der Waals surface area contributed by atoms with Crippen LogP contribution in [-0.2, 0) is 0 Å². The van der Waals surface area contributed by atoms with Crippen LogP contribution in [0.1, 0.15) is 60.3 Å². The summed E-state index contributed by atoms with van der Waals surface area (Å²) in [5.41, 5.74) is 0.266. The Bertz CT molecular complexity index is 201. The van der Waals surface area contributed by atoms with Crippen LogP contribution in [0.25, 0.3) is 0 Å². The van der Waals surface area contributed by atoms with Crippen molar-refractivity contribution in [3.05, 3.63) is 0 Å². The van der Waals surface area contributed by atoms with Gasteiger partial charge in [0.25, 0.3) is 0 Å². The Morgan fingerprint density at radius 3 is 2.29 bits per heavy atom. The van der Waals surface area contributed by atoms with Gasteiger partial charge in [0.15, 0.2) is 0 Å². The first-order chi connectivity index (χ1) is 7.88. The van der Waals surface area contributed by atoms with Crippen LogP contribution in [0.15, 0.2) is 0 Å². The van der Waals surface area contributed by atoms with Gasteiger partial charge >= 0.3 is 0 Å². The van der Waals surface area contributed by atoms with E-state index in [0.717, 1.165) is 18.5 Å². The molecule has 2 nitrogen and oxygen atoms in total. The topological polar surface area (TPSA) is 15.3 Å². The molecule has 1 aliphatic carbocycles. The summed E-state index contributed by atoms with van der Waals surface area (Å²) in [6.07, 6.45) is 5.50. The molecule has 0 amide bonds. The third-order valence-electron chi connectivity index (χ3n) is 3.33. The molecule has 1 N–H and O–H groups in total. The van der Waals surface area contributed by atoms with E-state index < -0.39 is 0 Å². The lowest BCUT2D eigenvalue weighted by Crippen LogP contribution is -2.38. The average Bonchev–Trinajstić information content (AvgIpc) is 2.98. The second-order valence-corrected chi connectivity index (χ2v) is 6.98. The van der Waals surface area contributed by atoms with Crippen LogP contribution < -0.4 is 5.32 Å². The maximum Gasteiger partial charge on any atom is 0.00965 e. The van der Waals surface area contributed by atoms with Crippen molar-refractivity contribution in [2.24, 2.45) is 5.92 Å². The number of nitrogens with one attached hydrogen (secondary N) is 1. The van der Waals surface area contributed by atoms with Crippen LogP contribution in [0.3, 0.4) is 0 Å². The summed E-state index contributed by atoms with van der Waals surface area (Å²) in [7, 11) is 0. The van der Waals surface area contributed by atoms with Gasteiger partial charge in [0, 0.05) is 11.6 Å². The van der Waals surface area contributed by atoms with Gasteiger partial charge in [0.2, 0.25) is 0 Å². The summed E-state index contributed by atoms with van der Waals surface area (Å²) in [6.45, 7) is 15.1. The van der Waals surface area contributed by atoms with Crippen LogP contribution in [0.2, 0.25) is 0 Å². The van der Waals surface area contributed by atoms with E-state index >= 15 is 0 Å². The van der Waals surface area contributed by atoms with Gasteiger partial charge in [-0.25, -0.2) is 0 Å². The summed E-state index contributed by atoms with van der Waals surface area (Å²) in [6, 6.07) is 0.920. The van der Waals surface area contributed by atoms with Crippen molar-refractivity contribution in [1.29, 1.82) is 0 Å². The number of hydrogen-bond donors (Lipinski definition) is 1. The molecule has 1 saturated carbocycles. The van der Waals surface area contributed by atoms with Crippen LogP contribution in [0.5, 0.6) is 0 Å². The first-order valence-corrected chi connectivity index (χ1v) is 7.37. The quantitative estimate of drug-likeness (QED) is 0.655. The van der Waals surface area contributed by atoms with Crippen molar-refractivity contribution in [3.63, 3.8) is 0 Å². The molecule has 0 heterocycles. The number of nitrogens with zero attached hydrogens (tertiary/aromatic N) is 1. The largest absolute Gasteiger partial charge is 0.312 e. The van der Waals surface area contributed by atoms with Crippen LogP contribution in [0, 0.1) is 5.92 Å². The van der Waals surface area contributed by atoms with Gasteiger partial charge in [-0.3, -0.25) is 0 Å². The van der Waals surface area contributed by atoms with Crippen molar-refractivity contribution in [2.75, 3.05) is 19.6 Å². The molecule has 0 aromatic rings. The van der Waals surface area contributed by atoms with Crippen molar-refractivity contribution in [3.8, 4) is 0 Å². The molecule has 102 valence electrons. The summed E-state index contributed by atoms with van der Waals surface area (Å²) in [5.74, 6) is 0.837. The van der Waals surface area contributed by atoms with E-state index in [2.05, 4.69) is 44.8 Å². The standard InChI is InChI=1S/C15H32N2/c1-13(2)9-12-17(14-7-8-14)11-6-10-16-15(3,4)5/h13-14,16H,6-12H2,1-5H3. The molecule has 0 radical (unpaired) electrons. The third-order valence-corrected chi connectivity index (χ3v) is 3.33. The van der Waals surface area contributed by atoms with E-state index in [1.165, 1.54) is 38.8 Å². The van der Waals surface area contributed by atoms with Crippen molar-refractivity contribution in [1.82, 2.24) is 10.2 Å². The fraction of sp³-hybridized carbons (Fsp3) is 1.00. The summed E-state index contributed by atoms with van der Waals surface area (Å²) >= 11 is 0. The highest BCUT2D eigenvalue weighted by atomic mass is 15.2. The average molecular weight is 240 g/mol. The SMILES string of the molecule is CC(C)CCN(CCCNC(C)(C)C)C1CC1. The molecule has 0 unspecified atom stereocenters. The Morgan fingerprint density at radius 2 is 1.82 bits per heavy atom. The molecule has 0 spiro atoms. The zero-order chi connectivity index (χ0) is 12.9. The van der Waals surface area contributed by atoms with Gasteiger partial charge < -0.3 is 10.2 Å². The highest BCUT2D eigenvalue weighted by Gasteiger charge is 2.28. The summed E-state index contributed by atoms with van der Waals surface area (Å²) in [4.78, 5) is 2.71. The maximum atomic E-state index is 3.57. The molecule has 0 bridgehead atoms. The predicted octanol–water partition coefficient (Wildman–Crippen LogP) is 3.28. The highest BCUT2D eigenvalue weighted by molar-refractivity contribution is 4.84. The molecule has 1 aliphatic rings. The van der Waals surface area contributed by atoms with E-state index in [9.17, 15) is 0 Å². The minimum absolute atomic E-state index is 0.266. The Kier molecular flexibility index (Phi) is 5.94. The summed E-state index contributed by atoms with van der Waals surface area (Å²) in [5, 5.41) is 3.57. The first-order valence-electron chi connectivity index (χ1n) is 7.37. The van der Waals surface area contributed by atoms with Gasteiger partial charge in [0.05, 0.1) is 0 Å². The molecule has 0 aliphatic heterocycles. The second kappa shape index (κ2) is 6.75. The zero-order valence-electron chi connectivity index (χ0n) is 12.6. The molecule has 0 aromatic heterocycles. The monoisotopic (exact) mass is 240 g/mol. The van der Waals surface area contributed by atoms with Gasteiger partial charge in [-0.1, -0.05) is 13.8 Å². The van der Waals surface area contributed by atoms with Crippen LogP contribution >= 0.6 is 0 Å². The zero-order valence-corrected chi connectivity index (χ0v) is 12.6. The van der Waals surface area contributed by atoms with Gasteiger partial charge in [-0.15, -0.1) is 0 Å². The molecule has 0 atom stereocenters. The molecular formula is C15H32N2. The molecule has 0 saturated heterocycles. The van der Waals surface area contributed by atoms with Crippen LogP contribution in [-0.4, -0.2) is 36.1 Å². The van der Waals surface area contributed by atoms with Crippen LogP contribution in [0.4, 0.5) is 0 Å². The van der Waals surface area contributed by atoms with E-state index in [0.29, 0.717) is 0 Å². The first kappa shape index (κ1) is 15.0. The fourth-order valence-corrected chi connectivity index (χ4v) is 2.09. The van der Waals surface area contributed by atoms with E-state index in [-0.39, 0.29) is 5.54 Å². The van der Waals surface area contributed by atoms with E-state index in [1.807, 2.05) is 0 Å². The Labute approximate surface area is 108 Å². The van der Waals surface area contributed by atoms with Crippen molar-refractivity contribution >= 4 is 0 Å². The molecule has 1 rings (SSSR count). The van der Waals surface area contributed by atoms with Crippen molar-refractivity contribution < 1.29 is 0 Å². The molecule has 2 heteroatoms. The molecule has 17 heavy (non-hydrogen) atoms. The van der Waals surface area contributed by atoms with Crippen molar-refractivity contribution in [2.45, 2.75) is 71.9 Å². The maximum absolute atomic E-state index is 3.57. The smallest absolute Gasteiger partial charge is 0.00965 e. The Morgan fingerprint density at radius 1 is 1.18 bits per heavy atom. The minimum atomic E-state index is 0.266. The fourth-order valence-electron chi connectivity index (χ4n) is 2.09. The third kappa shape index (κ3) is 7.77. The molecular weight excluding hydrogens is 208 g/mol. The second-order valence-electron chi connectivity index (χ2n) is 6.98. The normalized spacial score (nSPS) is 17.1. The van der Waals surface area contributed by atoms with Gasteiger partial charge in [-0.05, 0) is 72.0 Å². The Balaban J connectivity index is 2.12. The lowest BCUT2D eigenvalue weighted by atomic mass is 10.1. The highest BCUT2D eigenvalue weighted by Crippen LogP contribution is 2.27.